The topological polar surface area (TPSA) is 34.1 Å². The molecule has 2 aliphatic rings. The molecule has 0 unspecified atom stereocenters. The van der Waals surface area contributed by atoms with Crippen molar-refractivity contribution in [3.8, 4) is 0 Å². The summed E-state index contributed by atoms with van der Waals surface area (Å²) < 4.78 is 12.3. The summed E-state index contributed by atoms with van der Waals surface area (Å²) in [6.45, 7) is 0. The standard InChI is InChI=1S/C7H5FO2/c8-5-1-3-4(2-9)6(3)7(5)10/h1-4,6H/t3-,4+,6+/m1/s1. The quantitative estimate of drug-likeness (QED) is 0.496. The van der Waals surface area contributed by atoms with Crippen LogP contribution in [0.5, 0.6) is 0 Å². The van der Waals surface area contributed by atoms with Crippen molar-refractivity contribution in [2.75, 3.05) is 0 Å². The second-order valence-corrected chi connectivity index (χ2v) is 2.70. The van der Waals surface area contributed by atoms with Crippen molar-refractivity contribution >= 4 is 12.1 Å². The molecule has 2 rings (SSSR count). The van der Waals surface area contributed by atoms with Crippen LogP contribution in [0.4, 0.5) is 4.39 Å². The summed E-state index contributed by atoms with van der Waals surface area (Å²) in [4.78, 5) is 20.8. The number of Topliss-reactive ketones (excluding diaryl/α,β-unsaturated/α-hetero) is 1. The average Bonchev–Trinajstić information content (AvgIpc) is 2.52. The van der Waals surface area contributed by atoms with Crippen LogP contribution in [0.15, 0.2) is 11.9 Å². The van der Waals surface area contributed by atoms with Crippen LogP contribution in [0.1, 0.15) is 0 Å². The van der Waals surface area contributed by atoms with E-state index in [1.807, 2.05) is 0 Å². The molecule has 3 atom stereocenters. The maximum absolute atomic E-state index is 12.3. The van der Waals surface area contributed by atoms with Crippen LogP contribution < -0.4 is 0 Å². The summed E-state index contributed by atoms with van der Waals surface area (Å²) >= 11 is 0. The molecule has 0 spiro atoms. The molecule has 52 valence electrons. The summed E-state index contributed by atoms with van der Waals surface area (Å²) in [5.41, 5.74) is 0. The molecule has 0 heterocycles. The number of hydrogen-bond donors (Lipinski definition) is 0. The van der Waals surface area contributed by atoms with Gasteiger partial charge in [0, 0.05) is 17.8 Å². The molecule has 0 aromatic carbocycles. The first-order valence-electron chi connectivity index (χ1n) is 3.12. The van der Waals surface area contributed by atoms with E-state index in [2.05, 4.69) is 0 Å². The lowest BCUT2D eigenvalue weighted by Crippen LogP contribution is -2.01. The fraction of sp³-hybridized carbons (Fsp3) is 0.429. The number of rotatable bonds is 1. The summed E-state index contributed by atoms with van der Waals surface area (Å²) in [5, 5.41) is 0. The number of fused-ring (bicyclic) bond motifs is 1. The van der Waals surface area contributed by atoms with Gasteiger partial charge in [-0.2, -0.15) is 0 Å². The predicted molar refractivity (Wildman–Crippen MR) is 30.7 cm³/mol. The Bertz CT molecular complexity index is 244. The molecule has 0 radical (unpaired) electrons. The first-order chi connectivity index (χ1) is 4.75. The minimum absolute atomic E-state index is 0.106. The highest BCUT2D eigenvalue weighted by Crippen LogP contribution is 2.52. The van der Waals surface area contributed by atoms with E-state index in [9.17, 15) is 14.0 Å². The number of aldehydes is 1. The van der Waals surface area contributed by atoms with Gasteiger partial charge in [0.1, 0.15) is 6.29 Å². The predicted octanol–water partition coefficient (Wildman–Crippen LogP) is 0.484. The van der Waals surface area contributed by atoms with E-state index in [-0.39, 0.29) is 17.8 Å². The molecule has 0 aliphatic heterocycles. The third kappa shape index (κ3) is 0.478. The van der Waals surface area contributed by atoms with E-state index < -0.39 is 11.6 Å². The highest BCUT2D eigenvalue weighted by molar-refractivity contribution is 6.03. The Morgan fingerprint density at radius 3 is 2.70 bits per heavy atom. The highest BCUT2D eigenvalue weighted by Gasteiger charge is 2.58. The lowest BCUT2D eigenvalue weighted by molar-refractivity contribution is -0.119. The Morgan fingerprint density at radius 1 is 1.60 bits per heavy atom. The second-order valence-electron chi connectivity index (χ2n) is 2.70. The Labute approximate surface area is 56.7 Å². The van der Waals surface area contributed by atoms with Crippen molar-refractivity contribution in [3.63, 3.8) is 0 Å². The van der Waals surface area contributed by atoms with Crippen molar-refractivity contribution in [1.82, 2.24) is 0 Å². The van der Waals surface area contributed by atoms with Crippen LogP contribution in [0.25, 0.3) is 0 Å². The molecule has 3 heteroatoms. The number of allylic oxidation sites excluding steroid dienone is 2. The van der Waals surface area contributed by atoms with Gasteiger partial charge in [0.15, 0.2) is 11.6 Å². The monoisotopic (exact) mass is 140 g/mol. The zero-order valence-corrected chi connectivity index (χ0v) is 5.08. The van der Waals surface area contributed by atoms with Crippen LogP contribution in [0.3, 0.4) is 0 Å². The molecule has 0 aromatic rings. The second kappa shape index (κ2) is 1.54. The van der Waals surface area contributed by atoms with Crippen molar-refractivity contribution in [3.05, 3.63) is 11.9 Å². The van der Waals surface area contributed by atoms with Gasteiger partial charge in [-0.25, -0.2) is 4.39 Å². The van der Waals surface area contributed by atoms with Crippen molar-refractivity contribution in [2.24, 2.45) is 17.8 Å². The minimum atomic E-state index is -0.659. The van der Waals surface area contributed by atoms with Crippen LogP contribution in [0.2, 0.25) is 0 Å². The van der Waals surface area contributed by atoms with Crippen molar-refractivity contribution in [2.45, 2.75) is 0 Å². The van der Waals surface area contributed by atoms with E-state index in [1.54, 1.807) is 0 Å². The number of carbonyl (C=O) groups excluding carboxylic acids is 2. The van der Waals surface area contributed by atoms with Crippen LogP contribution in [0, 0.1) is 17.8 Å². The number of carbonyl (C=O) groups is 2. The molecular formula is C7H5FO2. The maximum atomic E-state index is 12.3. The lowest BCUT2D eigenvalue weighted by atomic mass is 10.2. The van der Waals surface area contributed by atoms with E-state index >= 15 is 0 Å². The highest BCUT2D eigenvalue weighted by atomic mass is 19.1. The first kappa shape index (κ1) is 5.77. The van der Waals surface area contributed by atoms with Gasteiger partial charge >= 0.3 is 0 Å². The molecule has 0 N–H and O–H groups in total. The van der Waals surface area contributed by atoms with Gasteiger partial charge in [-0.05, 0) is 6.08 Å². The van der Waals surface area contributed by atoms with Gasteiger partial charge in [0.05, 0.1) is 0 Å². The van der Waals surface area contributed by atoms with E-state index in [4.69, 9.17) is 0 Å². The smallest absolute Gasteiger partial charge is 0.195 e. The number of ketones is 1. The zero-order chi connectivity index (χ0) is 7.30. The lowest BCUT2D eigenvalue weighted by Gasteiger charge is -1.88. The van der Waals surface area contributed by atoms with Gasteiger partial charge in [0.2, 0.25) is 0 Å². The first-order valence-corrected chi connectivity index (χ1v) is 3.12. The summed E-state index contributed by atoms with van der Waals surface area (Å²) in [6, 6.07) is 0. The van der Waals surface area contributed by atoms with Crippen LogP contribution >= 0.6 is 0 Å². The average molecular weight is 140 g/mol. The Morgan fingerprint density at radius 2 is 2.30 bits per heavy atom. The maximum Gasteiger partial charge on any atom is 0.195 e. The number of halogens is 1. The summed E-state index contributed by atoms with van der Waals surface area (Å²) in [7, 11) is 0. The largest absolute Gasteiger partial charge is 0.303 e. The SMILES string of the molecule is O=C[C@H]1[C@H]2C=C(F)C(=O)[C@@H]21. The Balaban J connectivity index is 2.26. The van der Waals surface area contributed by atoms with E-state index in [1.165, 1.54) is 6.08 Å². The van der Waals surface area contributed by atoms with Gasteiger partial charge in [-0.15, -0.1) is 0 Å². The molecule has 0 bridgehead atoms. The molecule has 2 aliphatic carbocycles. The minimum Gasteiger partial charge on any atom is -0.303 e. The van der Waals surface area contributed by atoms with Gasteiger partial charge in [-0.3, -0.25) is 4.79 Å². The molecule has 0 aromatic heterocycles. The van der Waals surface area contributed by atoms with Gasteiger partial charge < -0.3 is 4.79 Å². The Hall–Kier alpha value is -0.990. The molecule has 1 fully saturated rings. The third-order valence-corrected chi connectivity index (χ3v) is 2.17. The molecule has 0 saturated heterocycles. The fourth-order valence-corrected chi connectivity index (χ4v) is 1.51. The molecule has 2 nitrogen and oxygen atoms in total. The Kier molecular flexibility index (Phi) is 0.886. The zero-order valence-electron chi connectivity index (χ0n) is 5.08. The molecule has 10 heavy (non-hydrogen) atoms. The summed E-state index contributed by atoms with van der Waals surface area (Å²) in [5.74, 6) is -1.80. The number of hydrogen-bond acceptors (Lipinski definition) is 2. The molecular weight excluding hydrogens is 135 g/mol. The van der Waals surface area contributed by atoms with E-state index in [0.29, 0.717) is 0 Å². The normalized spacial score (nSPS) is 42.7. The van der Waals surface area contributed by atoms with Crippen molar-refractivity contribution < 1.29 is 14.0 Å². The summed E-state index contributed by atoms with van der Waals surface area (Å²) in [6.07, 6.45) is 1.99. The fourth-order valence-electron chi connectivity index (χ4n) is 1.51. The van der Waals surface area contributed by atoms with Crippen molar-refractivity contribution in [1.29, 1.82) is 0 Å². The molecule has 1 saturated carbocycles. The third-order valence-electron chi connectivity index (χ3n) is 2.17. The van der Waals surface area contributed by atoms with Crippen LogP contribution in [-0.4, -0.2) is 12.1 Å². The van der Waals surface area contributed by atoms with Gasteiger partial charge in [-0.1, -0.05) is 0 Å². The molecule has 0 amide bonds. The van der Waals surface area contributed by atoms with Gasteiger partial charge in [0.25, 0.3) is 0 Å². The van der Waals surface area contributed by atoms with Crippen LogP contribution in [-0.2, 0) is 9.59 Å². The van der Waals surface area contributed by atoms with E-state index in [0.717, 1.165) is 6.29 Å².